The summed E-state index contributed by atoms with van der Waals surface area (Å²) in [5, 5.41) is 18.4. The molecule has 0 aromatic carbocycles. The number of carbonyl (C=O) groups is 1. The molecule has 2 N–H and O–H groups in total. The predicted octanol–water partition coefficient (Wildman–Crippen LogP) is 4.85. The van der Waals surface area contributed by atoms with E-state index in [4.69, 9.17) is 5.11 Å². The molecule has 1 heterocycles. The maximum atomic E-state index is 11.5. The number of epoxide rings is 1. The summed E-state index contributed by atoms with van der Waals surface area (Å²) in [6.45, 7) is 2.26. The third kappa shape index (κ3) is 9.14. The second-order valence-corrected chi connectivity index (χ2v) is 7.29. The van der Waals surface area contributed by atoms with Crippen molar-refractivity contribution in [1.29, 1.82) is 0 Å². The second kappa shape index (κ2) is 12.8. The predicted molar refractivity (Wildman–Crippen MR) is 96.6 cm³/mol. The fourth-order valence-corrected chi connectivity index (χ4v) is 3.18. The Morgan fingerprint density at radius 1 is 0.792 bits per heavy atom. The fraction of sp³-hybridized carbons (Fsp3) is 0.950. The Hall–Kier alpha value is -0.450. The van der Waals surface area contributed by atoms with Crippen molar-refractivity contribution in [3.05, 3.63) is 0 Å². The zero-order valence-corrected chi connectivity index (χ0v) is 15.6. The average molecular weight is 343 g/mol. The van der Waals surface area contributed by atoms with Crippen LogP contribution in [0.2, 0.25) is 0 Å². The van der Waals surface area contributed by atoms with Crippen molar-refractivity contribution in [3.63, 3.8) is 0 Å². The number of Topliss-reactive ketones (excluding diaryl/α,β-unsaturated/α-hetero) is 1. The van der Waals surface area contributed by atoms with Gasteiger partial charge in [-0.3, -0.25) is 4.79 Å². The van der Waals surface area contributed by atoms with Crippen LogP contribution in [0.25, 0.3) is 0 Å². The molecule has 142 valence electrons. The van der Waals surface area contributed by atoms with Crippen molar-refractivity contribution in [3.8, 4) is 0 Å². The van der Waals surface area contributed by atoms with Gasteiger partial charge in [0.2, 0.25) is 6.29 Å². The van der Waals surface area contributed by atoms with Crippen LogP contribution in [-0.2, 0) is 9.53 Å². The van der Waals surface area contributed by atoms with E-state index in [9.17, 15) is 9.90 Å². The molecule has 2 atom stereocenters. The maximum Gasteiger partial charge on any atom is 0.281 e. The SMILES string of the molecule is CCCCCCCCCCCCCCCCCC(=O)C1(O)OC1O. The first-order chi connectivity index (χ1) is 11.6. The molecule has 4 nitrogen and oxygen atoms in total. The highest BCUT2D eigenvalue weighted by atomic mass is 16.8. The molecule has 0 aromatic rings. The monoisotopic (exact) mass is 342 g/mol. The van der Waals surface area contributed by atoms with E-state index in [1.807, 2.05) is 0 Å². The molecule has 0 aliphatic carbocycles. The Morgan fingerprint density at radius 3 is 1.46 bits per heavy atom. The molecule has 1 saturated heterocycles. The van der Waals surface area contributed by atoms with Crippen LogP contribution >= 0.6 is 0 Å². The van der Waals surface area contributed by atoms with Crippen molar-refractivity contribution in [2.24, 2.45) is 0 Å². The maximum absolute atomic E-state index is 11.5. The van der Waals surface area contributed by atoms with Crippen LogP contribution in [0.3, 0.4) is 0 Å². The molecule has 0 amide bonds. The number of unbranched alkanes of at least 4 members (excludes halogenated alkanes) is 14. The topological polar surface area (TPSA) is 70.1 Å². The van der Waals surface area contributed by atoms with Crippen LogP contribution in [0.4, 0.5) is 0 Å². The third-order valence-electron chi connectivity index (χ3n) is 4.98. The molecular formula is C20H38O4. The Labute approximate surface area is 148 Å². The molecule has 4 heteroatoms. The highest BCUT2D eigenvalue weighted by molar-refractivity contribution is 5.88. The molecule has 0 saturated carbocycles. The normalized spacial score (nSPS) is 22.7. The molecular weight excluding hydrogens is 304 g/mol. The Morgan fingerprint density at radius 2 is 1.12 bits per heavy atom. The summed E-state index contributed by atoms with van der Waals surface area (Å²) in [5.41, 5.74) is 0. The summed E-state index contributed by atoms with van der Waals surface area (Å²) >= 11 is 0. The quantitative estimate of drug-likeness (QED) is 0.293. The lowest BCUT2D eigenvalue weighted by molar-refractivity contribution is -0.137. The summed E-state index contributed by atoms with van der Waals surface area (Å²) < 4.78 is 4.50. The molecule has 0 radical (unpaired) electrons. The summed E-state index contributed by atoms with van der Waals surface area (Å²) in [5.74, 6) is -2.26. The van der Waals surface area contributed by atoms with E-state index in [1.54, 1.807) is 0 Å². The van der Waals surface area contributed by atoms with Crippen molar-refractivity contribution in [1.82, 2.24) is 0 Å². The number of rotatable bonds is 17. The number of ether oxygens (including phenoxy) is 1. The standard InChI is InChI=1S/C20H38O4/c1-2-3-4-5-6-7-8-9-10-11-12-13-14-15-16-17-18(21)20(23)19(22)24-20/h19,22-23H,2-17H2,1H3. The van der Waals surface area contributed by atoms with Gasteiger partial charge in [-0.1, -0.05) is 96.8 Å². The summed E-state index contributed by atoms with van der Waals surface area (Å²) in [6.07, 6.45) is 18.3. The minimum absolute atomic E-state index is 0.297. The number of hydrogen-bond acceptors (Lipinski definition) is 4. The molecule has 1 aliphatic heterocycles. The van der Waals surface area contributed by atoms with Gasteiger partial charge in [-0.15, -0.1) is 0 Å². The van der Waals surface area contributed by atoms with Crippen LogP contribution in [0.5, 0.6) is 0 Å². The fourth-order valence-electron chi connectivity index (χ4n) is 3.18. The molecule has 0 bridgehead atoms. The van der Waals surface area contributed by atoms with E-state index in [-0.39, 0.29) is 5.78 Å². The number of hydrogen-bond donors (Lipinski definition) is 2. The van der Waals surface area contributed by atoms with Crippen LogP contribution < -0.4 is 0 Å². The second-order valence-electron chi connectivity index (χ2n) is 7.29. The van der Waals surface area contributed by atoms with E-state index in [2.05, 4.69) is 11.7 Å². The van der Waals surface area contributed by atoms with Crippen molar-refractivity contribution in [2.45, 2.75) is 122 Å². The van der Waals surface area contributed by atoms with Gasteiger partial charge in [0.15, 0.2) is 5.78 Å². The molecule has 1 rings (SSSR count). The van der Waals surface area contributed by atoms with Gasteiger partial charge in [0.1, 0.15) is 0 Å². The summed E-state index contributed by atoms with van der Waals surface area (Å²) in [6, 6.07) is 0. The summed E-state index contributed by atoms with van der Waals surface area (Å²) in [4.78, 5) is 11.5. The highest BCUT2D eigenvalue weighted by Gasteiger charge is 2.60. The number of carbonyl (C=O) groups excluding carboxylic acids is 1. The van der Waals surface area contributed by atoms with Crippen molar-refractivity contribution < 1.29 is 19.7 Å². The largest absolute Gasteiger partial charge is 0.363 e. The van der Waals surface area contributed by atoms with E-state index in [1.165, 1.54) is 77.0 Å². The molecule has 0 spiro atoms. The smallest absolute Gasteiger partial charge is 0.281 e. The van der Waals surface area contributed by atoms with Gasteiger partial charge in [0.25, 0.3) is 5.79 Å². The molecule has 24 heavy (non-hydrogen) atoms. The first kappa shape index (κ1) is 21.6. The zero-order valence-electron chi connectivity index (χ0n) is 15.6. The highest BCUT2D eigenvalue weighted by Crippen LogP contribution is 2.33. The van der Waals surface area contributed by atoms with Gasteiger partial charge in [-0.2, -0.15) is 0 Å². The third-order valence-corrected chi connectivity index (χ3v) is 4.98. The zero-order chi connectivity index (χ0) is 17.7. The van der Waals surface area contributed by atoms with Gasteiger partial charge >= 0.3 is 0 Å². The number of aliphatic hydroxyl groups excluding tert-OH is 1. The number of ketones is 1. The summed E-state index contributed by atoms with van der Waals surface area (Å²) in [7, 11) is 0. The van der Waals surface area contributed by atoms with Gasteiger partial charge in [0.05, 0.1) is 0 Å². The van der Waals surface area contributed by atoms with Crippen LogP contribution in [-0.4, -0.2) is 28.1 Å². The Kier molecular flexibility index (Phi) is 11.6. The van der Waals surface area contributed by atoms with Crippen molar-refractivity contribution >= 4 is 5.78 Å². The first-order valence-electron chi connectivity index (χ1n) is 10.2. The van der Waals surface area contributed by atoms with Crippen LogP contribution in [0, 0.1) is 0 Å². The van der Waals surface area contributed by atoms with E-state index in [0.717, 1.165) is 19.3 Å². The lowest BCUT2D eigenvalue weighted by Gasteiger charge is -2.04. The molecule has 1 fully saturated rings. The van der Waals surface area contributed by atoms with Gasteiger partial charge in [-0.05, 0) is 6.42 Å². The van der Waals surface area contributed by atoms with Gasteiger partial charge in [0, 0.05) is 6.42 Å². The van der Waals surface area contributed by atoms with E-state index in [0.29, 0.717) is 6.42 Å². The average Bonchev–Trinajstić information content (AvgIpc) is 3.19. The molecule has 1 aliphatic rings. The van der Waals surface area contributed by atoms with Crippen LogP contribution in [0.1, 0.15) is 110 Å². The van der Waals surface area contributed by atoms with Crippen LogP contribution in [0.15, 0.2) is 0 Å². The van der Waals surface area contributed by atoms with Gasteiger partial charge < -0.3 is 14.9 Å². The molecule has 2 unspecified atom stereocenters. The lowest BCUT2D eigenvalue weighted by Crippen LogP contribution is -2.26. The minimum Gasteiger partial charge on any atom is -0.363 e. The molecule has 0 aromatic heterocycles. The Bertz CT molecular complexity index is 332. The Balaban J connectivity index is 1.73. The van der Waals surface area contributed by atoms with Gasteiger partial charge in [-0.25, -0.2) is 0 Å². The van der Waals surface area contributed by atoms with E-state index >= 15 is 0 Å². The van der Waals surface area contributed by atoms with Crippen molar-refractivity contribution in [2.75, 3.05) is 0 Å². The van der Waals surface area contributed by atoms with E-state index < -0.39 is 12.1 Å². The number of aliphatic hydroxyl groups is 2. The lowest BCUT2D eigenvalue weighted by atomic mass is 10.0. The minimum atomic E-state index is -1.88. The first-order valence-corrected chi connectivity index (χ1v) is 10.2.